The molecule has 2 atom stereocenters. The van der Waals surface area contributed by atoms with Gasteiger partial charge in [0.15, 0.2) is 11.3 Å². The Morgan fingerprint density at radius 2 is 1.69 bits per heavy atom. The van der Waals surface area contributed by atoms with Gasteiger partial charge in [-0.05, 0) is 35.7 Å². The number of oxazole rings is 1. The lowest BCUT2D eigenvalue weighted by Gasteiger charge is -2.33. The van der Waals surface area contributed by atoms with Crippen LogP contribution in [0.25, 0.3) is 11.1 Å². The van der Waals surface area contributed by atoms with Crippen molar-refractivity contribution >= 4 is 22.8 Å². The normalized spacial score (nSPS) is 18.3. The Morgan fingerprint density at radius 1 is 0.969 bits per heavy atom. The number of nitrogens with zero attached hydrogens (tertiary/aromatic N) is 1. The fraction of sp³-hybridized carbons (Fsp3) is 0.160. The van der Waals surface area contributed by atoms with Crippen molar-refractivity contribution in [1.82, 2.24) is 10.3 Å². The molecule has 0 bridgehead atoms. The van der Waals surface area contributed by atoms with Gasteiger partial charge in [0.05, 0.1) is 29.8 Å². The number of hydrogen-bond donors (Lipinski definition) is 2. The van der Waals surface area contributed by atoms with E-state index in [0.717, 1.165) is 16.7 Å². The molecule has 0 saturated heterocycles. The summed E-state index contributed by atoms with van der Waals surface area (Å²) in [6.07, 6.45) is 0. The number of aromatic amines is 1. The topological polar surface area (TPSA) is 96.7 Å². The molecule has 0 aliphatic carbocycles. The van der Waals surface area contributed by atoms with Gasteiger partial charge in [0.25, 0.3) is 0 Å². The maximum Gasteiger partial charge on any atom is 0.417 e. The molecule has 0 radical (unpaired) electrons. The van der Waals surface area contributed by atoms with Crippen molar-refractivity contribution in [3.05, 3.63) is 100 Å². The van der Waals surface area contributed by atoms with Crippen molar-refractivity contribution in [3.63, 3.8) is 0 Å². The van der Waals surface area contributed by atoms with Crippen LogP contribution in [0, 0.1) is 0 Å². The molecular weight excluding hydrogens is 406 g/mol. The van der Waals surface area contributed by atoms with Crippen molar-refractivity contribution in [2.45, 2.75) is 18.9 Å². The third-order valence-corrected chi connectivity index (χ3v) is 5.52. The van der Waals surface area contributed by atoms with Gasteiger partial charge < -0.3 is 14.5 Å². The predicted octanol–water partition coefficient (Wildman–Crippen LogP) is 4.56. The molecule has 1 aliphatic heterocycles. The van der Waals surface area contributed by atoms with Crippen LogP contribution in [-0.4, -0.2) is 23.3 Å². The minimum Gasteiger partial charge on any atom is -0.490 e. The molecule has 2 amide bonds. The van der Waals surface area contributed by atoms with E-state index >= 15 is 0 Å². The monoisotopic (exact) mass is 427 g/mol. The first-order valence-corrected chi connectivity index (χ1v) is 10.4. The molecule has 160 valence electrons. The highest BCUT2D eigenvalue weighted by Crippen LogP contribution is 2.39. The molecule has 0 saturated carbocycles. The maximum absolute atomic E-state index is 12.7. The zero-order valence-electron chi connectivity index (χ0n) is 17.4. The second-order valence-corrected chi connectivity index (χ2v) is 7.52. The van der Waals surface area contributed by atoms with E-state index in [-0.39, 0.29) is 5.92 Å². The van der Waals surface area contributed by atoms with Crippen molar-refractivity contribution in [3.8, 4) is 5.75 Å². The van der Waals surface area contributed by atoms with Gasteiger partial charge in [-0.2, -0.15) is 4.99 Å². The minimum atomic E-state index is -0.558. The summed E-state index contributed by atoms with van der Waals surface area (Å²) in [5.74, 6) is -0.359. The quantitative estimate of drug-likeness (QED) is 0.488. The Bertz CT molecular complexity index is 1360. The standard InChI is InChI=1S/C25H21N3O4/c1-2-31-19-14-17(13-18-23(19)32-25(30)26-18)22-20(15-9-5-3-6-10-15)21(27-24(29)28-22)16-11-7-4-8-12-16/h3-14,20,22H,2H2,1H3,(H,26,30)(H,28,29). The number of aromatic nitrogens is 1. The van der Waals surface area contributed by atoms with Crippen molar-refractivity contribution in [2.24, 2.45) is 4.99 Å². The highest BCUT2D eigenvalue weighted by molar-refractivity contribution is 6.12. The molecule has 32 heavy (non-hydrogen) atoms. The van der Waals surface area contributed by atoms with Crippen LogP contribution in [-0.2, 0) is 0 Å². The Kier molecular flexibility index (Phi) is 5.07. The number of carbonyl (C=O) groups is 1. The first-order chi connectivity index (χ1) is 15.6. The number of nitrogens with one attached hydrogen (secondary N) is 2. The van der Waals surface area contributed by atoms with E-state index in [1.807, 2.05) is 79.7 Å². The SMILES string of the molecule is CCOc1cc(C2NC(=O)N=C(c3ccccc3)C2c2ccccc2)cc2[nH]c(=O)oc12. The molecule has 2 N–H and O–H groups in total. The molecule has 2 heterocycles. The van der Waals surface area contributed by atoms with Crippen LogP contribution in [0.15, 0.2) is 87.0 Å². The summed E-state index contributed by atoms with van der Waals surface area (Å²) < 4.78 is 11.0. The van der Waals surface area contributed by atoms with Gasteiger partial charge in [0, 0.05) is 0 Å². The molecule has 4 aromatic rings. The second kappa shape index (κ2) is 8.19. The largest absolute Gasteiger partial charge is 0.490 e. The number of ether oxygens (including phenoxy) is 1. The molecule has 5 rings (SSSR count). The van der Waals surface area contributed by atoms with Gasteiger partial charge in [-0.25, -0.2) is 9.59 Å². The van der Waals surface area contributed by atoms with Crippen LogP contribution in [0.5, 0.6) is 5.75 Å². The average Bonchev–Trinajstić information content (AvgIpc) is 3.20. The van der Waals surface area contributed by atoms with Crippen LogP contribution in [0.2, 0.25) is 0 Å². The predicted molar refractivity (Wildman–Crippen MR) is 121 cm³/mol. The number of fused-ring (bicyclic) bond motifs is 1. The van der Waals surface area contributed by atoms with Crippen LogP contribution in [0.1, 0.15) is 35.6 Å². The highest BCUT2D eigenvalue weighted by atomic mass is 16.5. The molecule has 7 nitrogen and oxygen atoms in total. The number of carbonyl (C=O) groups excluding carboxylic acids is 1. The summed E-state index contributed by atoms with van der Waals surface area (Å²) in [5, 5.41) is 3.02. The van der Waals surface area contributed by atoms with Gasteiger partial charge in [0.2, 0.25) is 0 Å². The Balaban J connectivity index is 1.71. The van der Waals surface area contributed by atoms with Crippen molar-refractivity contribution in [2.75, 3.05) is 6.61 Å². The molecule has 0 fully saturated rings. The van der Waals surface area contributed by atoms with E-state index < -0.39 is 17.8 Å². The summed E-state index contributed by atoms with van der Waals surface area (Å²) in [7, 11) is 0. The number of urea groups is 1. The van der Waals surface area contributed by atoms with E-state index in [0.29, 0.717) is 29.2 Å². The number of hydrogen-bond acceptors (Lipinski definition) is 4. The first kappa shape index (κ1) is 19.8. The zero-order valence-corrected chi connectivity index (χ0v) is 17.4. The molecule has 3 aromatic carbocycles. The van der Waals surface area contributed by atoms with Crippen LogP contribution < -0.4 is 15.8 Å². The molecule has 0 spiro atoms. The van der Waals surface area contributed by atoms with Crippen LogP contribution >= 0.6 is 0 Å². The first-order valence-electron chi connectivity index (χ1n) is 10.4. The number of benzene rings is 3. The third kappa shape index (κ3) is 3.58. The van der Waals surface area contributed by atoms with E-state index in [9.17, 15) is 9.59 Å². The molecular formula is C25H21N3O4. The smallest absolute Gasteiger partial charge is 0.417 e. The van der Waals surface area contributed by atoms with Crippen LogP contribution in [0.4, 0.5) is 4.79 Å². The summed E-state index contributed by atoms with van der Waals surface area (Å²) >= 11 is 0. The van der Waals surface area contributed by atoms with Crippen LogP contribution in [0.3, 0.4) is 0 Å². The lowest BCUT2D eigenvalue weighted by Crippen LogP contribution is -2.40. The lowest BCUT2D eigenvalue weighted by atomic mass is 9.80. The summed E-state index contributed by atoms with van der Waals surface area (Å²) in [6.45, 7) is 2.27. The fourth-order valence-electron chi connectivity index (χ4n) is 4.22. The average molecular weight is 427 g/mol. The Hall–Kier alpha value is -4.13. The number of rotatable bonds is 5. The third-order valence-electron chi connectivity index (χ3n) is 5.52. The van der Waals surface area contributed by atoms with Gasteiger partial charge in [0.1, 0.15) is 0 Å². The highest BCUT2D eigenvalue weighted by Gasteiger charge is 2.36. The second-order valence-electron chi connectivity index (χ2n) is 7.52. The molecule has 1 aromatic heterocycles. The van der Waals surface area contributed by atoms with Gasteiger partial charge in [-0.1, -0.05) is 60.7 Å². The summed E-state index contributed by atoms with van der Waals surface area (Å²) in [5.41, 5.74) is 4.23. The van der Waals surface area contributed by atoms with Gasteiger partial charge in [-0.15, -0.1) is 0 Å². The van der Waals surface area contributed by atoms with E-state index in [4.69, 9.17) is 9.15 Å². The molecule has 2 unspecified atom stereocenters. The number of aliphatic imine (C=N–C) groups is 1. The molecule has 7 heteroatoms. The van der Waals surface area contributed by atoms with E-state index in [1.54, 1.807) is 0 Å². The fourth-order valence-corrected chi connectivity index (χ4v) is 4.22. The number of amides is 2. The van der Waals surface area contributed by atoms with E-state index in [2.05, 4.69) is 15.3 Å². The summed E-state index contributed by atoms with van der Waals surface area (Å²) in [6, 6.07) is 22.4. The maximum atomic E-state index is 12.7. The Morgan fingerprint density at radius 3 is 2.41 bits per heavy atom. The summed E-state index contributed by atoms with van der Waals surface area (Å²) in [4.78, 5) is 31.6. The van der Waals surface area contributed by atoms with Gasteiger partial charge >= 0.3 is 11.8 Å². The minimum absolute atomic E-state index is 0.248. The molecule has 1 aliphatic rings. The number of H-pyrrole nitrogens is 1. The van der Waals surface area contributed by atoms with E-state index in [1.165, 1.54) is 0 Å². The zero-order chi connectivity index (χ0) is 22.1. The van der Waals surface area contributed by atoms with Crippen molar-refractivity contribution in [1.29, 1.82) is 0 Å². The van der Waals surface area contributed by atoms with Crippen molar-refractivity contribution < 1.29 is 13.9 Å². The Labute approximate surface area is 183 Å². The lowest BCUT2D eigenvalue weighted by molar-refractivity contribution is 0.243. The van der Waals surface area contributed by atoms with Gasteiger partial charge in [-0.3, -0.25) is 4.98 Å².